The summed E-state index contributed by atoms with van der Waals surface area (Å²) < 4.78 is 3.26. The Morgan fingerprint density at radius 2 is 1.90 bits per heavy atom. The van der Waals surface area contributed by atoms with Crippen LogP contribution in [0.5, 0.6) is 0 Å². The van der Waals surface area contributed by atoms with Crippen LogP contribution in [0.4, 0.5) is 0 Å². The van der Waals surface area contributed by atoms with Crippen LogP contribution in [-0.4, -0.2) is 10.9 Å². The van der Waals surface area contributed by atoms with Gasteiger partial charge in [0.1, 0.15) is 0 Å². The van der Waals surface area contributed by atoms with Crippen LogP contribution in [0.25, 0.3) is 10.9 Å². The SMILES string of the molecule is CCc1cccc2c(C=O)cn(Cc3ccc(Br)cc3)c12. The molecule has 2 nitrogen and oxygen atoms in total. The first-order valence-corrected chi connectivity index (χ1v) is 7.82. The Balaban J connectivity index is 2.13. The number of hydrogen-bond acceptors (Lipinski definition) is 1. The Bertz CT molecular complexity index is 787. The van der Waals surface area contributed by atoms with Gasteiger partial charge in [-0.2, -0.15) is 0 Å². The van der Waals surface area contributed by atoms with Crippen molar-refractivity contribution in [3.8, 4) is 0 Å². The Morgan fingerprint density at radius 3 is 2.57 bits per heavy atom. The van der Waals surface area contributed by atoms with Crippen molar-refractivity contribution in [2.24, 2.45) is 0 Å². The largest absolute Gasteiger partial charge is 0.342 e. The monoisotopic (exact) mass is 341 g/mol. The van der Waals surface area contributed by atoms with Gasteiger partial charge in [-0.1, -0.05) is 53.2 Å². The minimum atomic E-state index is 0.761. The lowest BCUT2D eigenvalue weighted by molar-refractivity contribution is 0.112. The molecule has 21 heavy (non-hydrogen) atoms. The van der Waals surface area contributed by atoms with Crippen molar-refractivity contribution in [1.82, 2.24) is 4.57 Å². The van der Waals surface area contributed by atoms with Gasteiger partial charge in [0.15, 0.2) is 6.29 Å². The maximum absolute atomic E-state index is 11.3. The van der Waals surface area contributed by atoms with Gasteiger partial charge in [-0.3, -0.25) is 4.79 Å². The van der Waals surface area contributed by atoms with Crippen molar-refractivity contribution in [1.29, 1.82) is 0 Å². The first kappa shape index (κ1) is 14.1. The number of nitrogens with zero attached hydrogens (tertiary/aromatic N) is 1. The first-order chi connectivity index (χ1) is 10.2. The third-order valence-corrected chi connectivity index (χ3v) is 4.32. The van der Waals surface area contributed by atoms with Crippen LogP contribution in [0.2, 0.25) is 0 Å². The molecule has 0 atom stereocenters. The lowest BCUT2D eigenvalue weighted by atomic mass is 10.1. The summed E-state index contributed by atoms with van der Waals surface area (Å²) in [4.78, 5) is 11.3. The Labute approximate surface area is 132 Å². The second-order valence-electron chi connectivity index (χ2n) is 5.12. The highest BCUT2D eigenvalue weighted by Crippen LogP contribution is 2.25. The van der Waals surface area contributed by atoms with E-state index in [1.54, 1.807) is 0 Å². The van der Waals surface area contributed by atoms with Gasteiger partial charge in [-0.05, 0) is 29.7 Å². The van der Waals surface area contributed by atoms with E-state index in [2.05, 4.69) is 45.6 Å². The molecule has 0 radical (unpaired) electrons. The van der Waals surface area contributed by atoms with E-state index >= 15 is 0 Å². The molecule has 0 aliphatic carbocycles. The van der Waals surface area contributed by atoms with Crippen LogP contribution < -0.4 is 0 Å². The maximum Gasteiger partial charge on any atom is 0.152 e. The zero-order valence-electron chi connectivity index (χ0n) is 11.8. The van der Waals surface area contributed by atoms with Crippen LogP contribution in [0.3, 0.4) is 0 Å². The molecule has 0 bridgehead atoms. The minimum Gasteiger partial charge on any atom is -0.342 e. The predicted molar refractivity (Wildman–Crippen MR) is 89.9 cm³/mol. The molecule has 0 unspecified atom stereocenters. The van der Waals surface area contributed by atoms with Crippen LogP contribution in [-0.2, 0) is 13.0 Å². The molecular formula is C18H16BrNO. The molecular weight excluding hydrogens is 326 g/mol. The van der Waals surface area contributed by atoms with Gasteiger partial charge < -0.3 is 4.57 Å². The zero-order chi connectivity index (χ0) is 14.8. The molecule has 106 valence electrons. The van der Waals surface area contributed by atoms with Gasteiger partial charge in [-0.15, -0.1) is 0 Å². The molecule has 3 rings (SSSR count). The van der Waals surface area contributed by atoms with Crippen LogP contribution in [0.1, 0.15) is 28.4 Å². The summed E-state index contributed by atoms with van der Waals surface area (Å²) in [6, 6.07) is 14.5. The van der Waals surface area contributed by atoms with Crippen molar-refractivity contribution in [3.05, 3.63) is 69.8 Å². The molecule has 0 saturated heterocycles. The molecule has 2 aromatic carbocycles. The molecule has 0 N–H and O–H groups in total. The lowest BCUT2D eigenvalue weighted by Crippen LogP contribution is -1.99. The van der Waals surface area contributed by atoms with Crippen LogP contribution in [0, 0.1) is 0 Å². The first-order valence-electron chi connectivity index (χ1n) is 7.03. The van der Waals surface area contributed by atoms with Gasteiger partial charge >= 0.3 is 0 Å². The highest BCUT2D eigenvalue weighted by atomic mass is 79.9. The molecule has 0 amide bonds. The number of rotatable bonds is 4. The number of aldehydes is 1. The van der Waals surface area contributed by atoms with E-state index in [0.29, 0.717) is 0 Å². The standard InChI is InChI=1S/C18H16BrNO/c1-2-14-4-3-5-17-15(12-21)11-20(18(14)17)10-13-6-8-16(19)9-7-13/h3-9,11-12H,2,10H2,1H3. The van der Waals surface area contributed by atoms with Crippen molar-refractivity contribution < 1.29 is 4.79 Å². The van der Waals surface area contributed by atoms with Crippen molar-refractivity contribution in [2.45, 2.75) is 19.9 Å². The number of para-hydroxylation sites is 1. The molecule has 0 aliphatic rings. The maximum atomic E-state index is 11.3. The number of halogens is 1. The summed E-state index contributed by atoms with van der Waals surface area (Å²) in [5.41, 5.74) is 4.43. The fraction of sp³-hybridized carbons (Fsp3) is 0.167. The molecule has 1 aromatic heterocycles. The highest BCUT2D eigenvalue weighted by Gasteiger charge is 2.11. The zero-order valence-corrected chi connectivity index (χ0v) is 13.4. The molecule has 1 heterocycles. The number of benzene rings is 2. The molecule has 0 spiro atoms. The minimum absolute atomic E-state index is 0.761. The number of fused-ring (bicyclic) bond motifs is 1. The molecule has 0 fully saturated rings. The Morgan fingerprint density at radius 1 is 1.14 bits per heavy atom. The summed E-state index contributed by atoms with van der Waals surface area (Å²) >= 11 is 3.46. The quantitative estimate of drug-likeness (QED) is 0.623. The molecule has 3 aromatic rings. The van der Waals surface area contributed by atoms with Gasteiger partial charge in [0.2, 0.25) is 0 Å². The molecule has 0 saturated carbocycles. The van der Waals surface area contributed by atoms with Crippen LogP contribution in [0.15, 0.2) is 53.1 Å². The topological polar surface area (TPSA) is 22.0 Å². The number of hydrogen-bond donors (Lipinski definition) is 0. The molecule has 0 aliphatic heterocycles. The average molecular weight is 342 g/mol. The highest BCUT2D eigenvalue weighted by molar-refractivity contribution is 9.10. The van der Waals surface area contributed by atoms with Crippen molar-refractivity contribution >= 4 is 33.1 Å². The summed E-state index contributed by atoms with van der Waals surface area (Å²) in [6.45, 7) is 2.92. The third-order valence-electron chi connectivity index (χ3n) is 3.79. The summed E-state index contributed by atoms with van der Waals surface area (Å²) in [7, 11) is 0. The lowest BCUT2D eigenvalue weighted by Gasteiger charge is -2.09. The molecule has 3 heteroatoms. The number of carbonyl (C=O) groups excluding carboxylic acids is 1. The predicted octanol–water partition coefficient (Wildman–Crippen LogP) is 4.83. The smallest absolute Gasteiger partial charge is 0.152 e. The Hall–Kier alpha value is -1.87. The summed E-state index contributed by atoms with van der Waals surface area (Å²) in [6.07, 6.45) is 3.86. The second-order valence-corrected chi connectivity index (χ2v) is 6.04. The Kier molecular flexibility index (Phi) is 3.93. The van der Waals surface area contributed by atoms with Crippen molar-refractivity contribution in [2.75, 3.05) is 0 Å². The average Bonchev–Trinajstić information content (AvgIpc) is 2.87. The summed E-state index contributed by atoms with van der Waals surface area (Å²) in [5.74, 6) is 0. The van der Waals surface area contributed by atoms with Crippen molar-refractivity contribution in [3.63, 3.8) is 0 Å². The van der Waals surface area contributed by atoms with E-state index in [4.69, 9.17) is 0 Å². The van der Waals surface area contributed by atoms with Crippen LogP contribution >= 0.6 is 15.9 Å². The van der Waals surface area contributed by atoms with E-state index < -0.39 is 0 Å². The van der Waals surface area contributed by atoms with Gasteiger partial charge in [0.25, 0.3) is 0 Å². The normalized spacial score (nSPS) is 11.0. The number of aryl methyl sites for hydroxylation is 1. The van der Waals surface area contributed by atoms with E-state index in [1.807, 2.05) is 30.5 Å². The van der Waals surface area contributed by atoms with Gasteiger partial charge in [0, 0.05) is 28.2 Å². The van der Waals surface area contributed by atoms with E-state index in [9.17, 15) is 4.79 Å². The summed E-state index contributed by atoms with van der Waals surface area (Å²) in [5, 5.41) is 1.04. The van der Waals surface area contributed by atoms with E-state index in [0.717, 1.165) is 34.7 Å². The van der Waals surface area contributed by atoms with E-state index in [-0.39, 0.29) is 0 Å². The fourth-order valence-corrected chi connectivity index (χ4v) is 3.02. The second kappa shape index (κ2) is 5.86. The third kappa shape index (κ3) is 2.66. The fourth-order valence-electron chi connectivity index (χ4n) is 2.76. The van der Waals surface area contributed by atoms with E-state index in [1.165, 1.54) is 16.6 Å². The van der Waals surface area contributed by atoms with Gasteiger partial charge in [-0.25, -0.2) is 0 Å². The number of carbonyl (C=O) groups is 1. The van der Waals surface area contributed by atoms with Gasteiger partial charge in [0.05, 0.1) is 5.52 Å². The number of aromatic nitrogens is 1.